The van der Waals surface area contributed by atoms with Gasteiger partial charge in [0.05, 0.1) is 5.02 Å². The Morgan fingerprint density at radius 3 is 2.40 bits per heavy atom. The van der Waals surface area contributed by atoms with Crippen molar-refractivity contribution in [2.24, 2.45) is 0 Å². The minimum atomic E-state index is -0.717. The highest BCUT2D eigenvalue weighted by atomic mass is 127. The molecule has 0 spiro atoms. The zero-order chi connectivity index (χ0) is 7.72. The molecule has 1 rings (SSSR count). The van der Waals surface area contributed by atoms with Gasteiger partial charge in [0.15, 0.2) is 0 Å². The van der Waals surface area contributed by atoms with Crippen LogP contribution in [0.15, 0.2) is 12.1 Å². The molecular weight excluding hydrogens is 272 g/mol. The Hall–Kier alpha value is 0.100. The van der Waals surface area contributed by atoms with Gasteiger partial charge in [-0.05, 0) is 28.7 Å². The summed E-state index contributed by atoms with van der Waals surface area (Å²) in [6.07, 6.45) is 0. The average Bonchev–Trinajstić information content (AvgIpc) is 1.82. The zero-order valence-corrected chi connectivity index (χ0v) is 7.58. The lowest BCUT2D eigenvalue weighted by Gasteiger charge is -1.96. The highest BCUT2D eigenvalue weighted by Gasteiger charge is 2.05. The van der Waals surface area contributed by atoms with Crippen LogP contribution in [0.2, 0.25) is 5.02 Å². The highest BCUT2D eigenvalue weighted by molar-refractivity contribution is 14.1. The molecule has 0 amide bonds. The summed E-state index contributed by atoms with van der Waals surface area (Å²) >= 11 is 7.16. The molecule has 0 heterocycles. The fraction of sp³-hybridized carbons (Fsp3) is 0. The molecule has 0 unspecified atom stereocenters. The van der Waals surface area contributed by atoms with Gasteiger partial charge >= 0.3 is 0 Å². The predicted molar refractivity (Wildman–Crippen MR) is 44.1 cm³/mol. The minimum Gasteiger partial charge on any atom is -0.207 e. The first-order valence-electron chi connectivity index (χ1n) is 2.41. The molecule has 0 aliphatic rings. The van der Waals surface area contributed by atoms with Crippen molar-refractivity contribution in [2.75, 3.05) is 0 Å². The number of rotatable bonds is 0. The van der Waals surface area contributed by atoms with Crippen LogP contribution in [-0.4, -0.2) is 0 Å². The molecule has 10 heavy (non-hydrogen) atoms. The van der Waals surface area contributed by atoms with Gasteiger partial charge in [-0.1, -0.05) is 11.6 Å². The van der Waals surface area contributed by atoms with Crippen molar-refractivity contribution in [3.05, 3.63) is 32.4 Å². The maximum Gasteiger partial charge on any atom is 0.145 e. The third kappa shape index (κ3) is 1.58. The standard InChI is InChI=1S/C6H2ClF2I/c7-6-4(9)1-3(8)2-5(6)10/h1-2H. The Bertz CT molecular complexity index is 239. The van der Waals surface area contributed by atoms with Gasteiger partial charge in [-0.25, -0.2) is 8.78 Å². The van der Waals surface area contributed by atoms with Gasteiger partial charge in [0.2, 0.25) is 0 Å². The average molecular weight is 274 g/mol. The molecule has 4 heteroatoms. The number of halogens is 4. The van der Waals surface area contributed by atoms with Crippen molar-refractivity contribution in [2.45, 2.75) is 0 Å². The smallest absolute Gasteiger partial charge is 0.145 e. The van der Waals surface area contributed by atoms with Crippen molar-refractivity contribution >= 4 is 34.2 Å². The largest absolute Gasteiger partial charge is 0.207 e. The normalized spacial score (nSPS) is 10.0. The summed E-state index contributed by atoms with van der Waals surface area (Å²) in [5.74, 6) is -1.32. The number of benzene rings is 1. The lowest BCUT2D eigenvalue weighted by molar-refractivity contribution is 0.582. The Labute approximate surface area is 75.3 Å². The summed E-state index contributed by atoms with van der Waals surface area (Å²) < 4.78 is 25.2. The fourth-order valence-electron chi connectivity index (χ4n) is 0.525. The van der Waals surface area contributed by atoms with Crippen molar-refractivity contribution in [3.63, 3.8) is 0 Å². The van der Waals surface area contributed by atoms with Crippen LogP contribution in [0.25, 0.3) is 0 Å². The molecule has 0 fully saturated rings. The van der Waals surface area contributed by atoms with E-state index in [1.165, 1.54) is 6.07 Å². The molecule has 0 nitrogen and oxygen atoms in total. The van der Waals surface area contributed by atoms with Gasteiger partial charge in [0, 0.05) is 9.64 Å². The lowest BCUT2D eigenvalue weighted by Crippen LogP contribution is -1.84. The molecule has 0 aliphatic heterocycles. The lowest BCUT2D eigenvalue weighted by atomic mass is 10.3. The third-order valence-electron chi connectivity index (χ3n) is 0.949. The first-order chi connectivity index (χ1) is 4.61. The van der Waals surface area contributed by atoms with Crippen LogP contribution in [0.4, 0.5) is 8.78 Å². The summed E-state index contributed by atoms with van der Waals surface area (Å²) in [7, 11) is 0. The Morgan fingerprint density at radius 1 is 1.30 bits per heavy atom. The van der Waals surface area contributed by atoms with E-state index in [-0.39, 0.29) is 5.02 Å². The molecule has 1 aromatic carbocycles. The Morgan fingerprint density at radius 2 is 1.90 bits per heavy atom. The maximum absolute atomic E-state index is 12.5. The molecule has 0 aromatic heterocycles. The molecular formula is C6H2ClF2I. The number of hydrogen-bond donors (Lipinski definition) is 0. The Balaban J connectivity index is 3.31. The summed E-state index contributed by atoms with van der Waals surface area (Å²) in [4.78, 5) is 0. The first-order valence-corrected chi connectivity index (χ1v) is 3.87. The molecule has 0 saturated carbocycles. The van der Waals surface area contributed by atoms with Gasteiger partial charge in [0.25, 0.3) is 0 Å². The van der Waals surface area contributed by atoms with Gasteiger partial charge < -0.3 is 0 Å². The monoisotopic (exact) mass is 274 g/mol. The SMILES string of the molecule is Fc1cc(F)c(Cl)c(I)c1. The molecule has 0 N–H and O–H groups in total. The second-order valence-electron chi connectivity index (χ2n) is 1.68. The quantitative estimate of drug-likeness (QED) is 0.387. The van der Waals surface area contributed by atoms with Crippen LogP contribution in [0, 0.1) is 15.2 Å². The molecule has 54 valence electrons. The fourth-order valence-corrected chi connectivity index (χ4v) is 1.19. The van der Waals surface area contributed by atoms with Crippen LogP contribution < -0.4 is 0 Å². The maximum atomic E-state index is 12.5. The van der Waals surface area contributed by atoms with Crippen LogP contribution >= 0.6 is 34.2 Å². The summed E-state index contributed by atoms with van der Waals surface area (Å²) in [5.41, 5.74) is 0. The number of hydrogen-bond acceptors (Lipinski definition) is 0. The van der Waals surface area contributed by atoms with Gasteiger partial charge in [0.1, 0.15) is 11.6 Å². The van der Waals surface area contributed by atoms with E-state index in [2.05, 4.69) is 0 Å². The van der Waals surface area contributed by atoms with E-state index in [0.29, 0.717) is 3.57 Å². The van der Waals surface area contributed by atoms with E-state index in [0.717, 1.165) is 6.07 Å². The van der Waals surface area contributed by atoms with E-state index < -0.39 is 11.6 Å². The van der Waals surface area contributed by atoms with Gasteiger partial charge in [-0.3, -0.25) is 0 Å². The zero-order valence-electron chi connectivity index (χ0n) is 4.67. The summed E-state index contributed by atoms with van der Waals surface area (Å²) in [6, 6.07) is 1.93. The van der Waals surface area contributed by atoms with E-state index in [4.69, 9.17) is 11.6 Å². The first kappa shape index (κ1) is 8.20. The van der Waals surface area contributed by atoms with Crippen molar-refractivity contribution in [1.82, 2.24) is 0 Å². The third-order valence-corrected chi connectivity index (χ3v) is 2.50. The molecule has 0 saturated heterocycles. The van der Waals surface area contributed by atoms with Gasteiger partial charge in [-0.15, -0.1) is 0 Å². The second kappa shape index (κ2) is 3.00. The summed E-state index contributed by atoms with van der Waals surface area (Å²) in [5, 5.41) is -0.0259. The summed E-state index contributed by atoms with van der Waals surface area (Å²) in [6.45, 7) is 0. The van der Waals surface area contributed by atoms with E-state index in [9.17, 15) is 8.78 Å². The highest BCUT2D eigenvalue weighted by Crippen LogP contribution is 2.22. The van der Waals surface area contributed by atoms with Crippen molar-refractivity contribution in [1.29, 1.82) is 0 Å². The van der Waals surface area contributed by atoms with Crippen molar-refractivity contribution < 1.29 is 8.78 Å². The van der Waals surface area contributed by atoms with E-state index in [1.54, 1.807) is 22.6 Å². The Kier molecular flexibility index (Phi) is 2.46. The van der Waals surface area contributed by atoms with Gasteiger partial charge in [-0.2, -0.15) is 0 Å². The topological polar surface area (TPSA) is 0 Å². The van der Waals surface area contributed by atoms with E-state index in [1.807, 2.05) is 0 Å². The van der Waals surface area contributed by atoms with Crippen LogP contribution in [0.1, 0.15) is 0 Å². The molecule has 0 radical (unpaired) electrons. The van der Waals surface area contributed by atoms with Crippen LogP contribution in [0.3, 0.4) is 0 Å². The minimum absolute atomic E-state index is 0.0259. The van der Waals surface area contributed by atoms with E-state index >= 15 is 0 Å². The second-order valence-corrected chi connectivity index (χ2v) is 3.22. The molecule has 0 aliphatic carbocycles. The predicted octanol–water partition coefficient (Wildman–Crippen LogP) is 3.22. The van der Waals surface area contributed by atoms with Crippen LogP contribution in [0.5, 0.6) is 0 Å². The molecule has 0 atom stereocenters. The molecule has 1 aromatic rings. The van der Waals surface area contributed by atoms with Crippen molar-refractivity contribution in [3.8, 4) is 0 Å². The molecule has 0 bridgehead atoms. The van der Waals surface area contributed by atoms with Crippen LogP contribution in [-0.2, 0) is 0 Å².